The summed E-state index contributed by atoms with van der Waals surface area (Å²) in [4.78, 5) is 52.7. The summed E-state index contributed by atoms with van der Waals surface area (Å²) in [5.74, 6) is -0.492. The molecule has 11 heteroatoms. The Labute approximate surface area is 253 Å². The zero-order valence-electron chi connectivity index (χ0n) is 23.2. The van der Waals surface area contributed by atoms with Crippen LogP contribution in [-0.2, 0) is 22.5 Å². The van der Waals surface area contributed by atoms with Crippen molar-refractivity contribution in [1.29, 1.82) is 0 Å². The van der Waals surface area contributed by atoms with E-state index in [-0.39, 0.29) is 30.7 Å². The number of halogens is 1. The van der Waals surface area contributed by atoms with Gasteiger partial charge in [0.2, 0.25) is 5.91 Å². The molecule has 0 spiro atoms. The van der Waals surface area contributed by atoms with Gasteiger partial charge in [-0.2, -0.15) is 0 Å². The normalized spacial score (nSPS) is 16.7. The number of fused-ring (bicyclic) bond motifs is 1. The van der Waals surface area contributed by atoms with Crippen molar-refractivity contribution in [3.63, 3.8) is 0 Å². The lowest BCUT2D eigenvalue weighted by Gasteiger charge is -2.29. The number of morpholine rings is 1. The molecule has 0 radical (unpaired) electrons. The summed E-state index contributed by atoms with van der Waals surface area (Å²) < 4.78 is 5.40. The second-order valence-electron chi connectivity index (χ2n) is 10.3. The van der Waals surface area contributed by atoms with E-state index < -0.39 is 6.04 Å². The number of carbonyl (C=O) groups excluding carboxylic acids is 3. The molecule has 6 rings (SSSR count). The van der Waals surface area contributed by atoms with Gasteiger partial charge in [-0.25, -0.2) is 4.98 Å². The quantitative estimate of drug-likeness (QED) is 0.324. The van der Waals surface area contributed by atoms with Gasteiger partial charge in [0.25, 0.3) is 11.8 Å². The second kappa shape index (κ2) is 12.6. The SMILES string of the molecule is O=C(Nc1ccc(N2CCOCC2)cn1)c1ccc(CN2C(=O)c3ccc(Cl)cc3NC(=O)C2Cc2ccccn2)cc1. The first-order valence-electron chi connectivity index (χ1n) is 13.9. The second-order valence-corrected chi connectivity index (χ2v) is 10.7. The van der Waals surface area contributed by atoms with E-state index >= 15 is 0 Å². The fourth-order valence-corrected chi connectivity index (χ4v) is 5.35. The number of ether oxygens (including phenoxy) is 1. The molecule has 2 aliphatic heterocycles. The van der Waals surface area contributed by atoms with Gasteiger partial charge in [-0.15, -0.1) is 0 Å². The number of anilines is 3. The smallest absolute Gasteiger partial charge is 0.256 e. The molecule has 2 N–H and O–H groups in total. The third-order valence-corrected chi connectivity index (χ3v) is 7.71. The predicted octanol–water partition coefficient (Wildman–Crippen LogP) is 4.42. The largest absolute Gasteiger partial charge is 0.378 e. The van der Waals surface area contributed by atoms with Crippen LogP contribution in [0.15, 0.2) is 85.2 Å². The van der Waals surface area contributed by atoms with Gasteiger partial charge in [0.05, 0.1) is 36.3 Å². The Bertz CT molecular complexity index is 1630. The fraction of sp³-hybridized carbons (Fsp3) is 0.219. The minimum atomic E-state index is -0.817. The number of carbonyl (C=O) groups is 3. The molecule has 3 amide bonds. The van der Waals surface area contributed by atoms with Gasteiger partial charge >= 0.3 is 0 Å². The Morgan fingerprint density at radius 3 is 2.53 bits per heavy atom. The Balaban J connectivity index is 1.18. The molecule has 1 unspecified atom stereocenters. The van der Waals surface area contributed by atoms with Gasteiger partial charge in [-0.1, -0.05) is 29.8 Å². The maximum Gasteiger partial charge on any atom is 0.256 e. The highest BCUT2D eigenvalue weighted by molar-refractivity contribution is 6.31. The molecule has 1 saturated heterocycles. The summed E-state index contributed by atoms with van der Waals surface area (Å²) in [7, 11) is 0. The molecule has 2 aliphatic rings. The van der Waals surface area contributed by atoms with Crippen LogP contribution in [-0.4, -0.2) is 64.9 Å². The summed E-state index contributed by atoms with van der Waals surface area (Å²) in [6.45, 7) is 3.12. The lowest BCUT2D eigenvalue weighted by molar-refractivity contribution is -0.120. The van der Waals surface area contributed by atoms with Crippen LogP contribution in [0.3, 0.4) is 0 Å². The van der Waals surface area contributed by atoms with Crippen LogP contribution in [0.25, 0.3) is 0 Å². The summed E-state index contributed by atoms with van der Waals surface area (Å²) >= 11 is 6.16. The number of hydrogen-bond acceptors (Lipinski definition) is 7. The van der Waals surface area contributed by atoms with Gasteiger partial charge in [-0.05, 0) is 60.2 Å². The summed E-state index contributed by atoms with van der Waals surface area (Å²) in [6, 6.07) is 20.1. The number of nitrogens with zero attached hydrogens (tertiary/aromatic N) is 4. The van der Waals surface area contributed by atoms with Crippen molar-refractivity contribution in [3.8, 4) is 0 Å². The molecule has 0 aliphatic carbocycles. The zero-order valence-corrected chi connectivity index (χ0v) is 24.0. The number of benzene rings is 2. The van der Waals surface area contributed by atoms with Crippen LogP contribution in [0.5, 0.6) is 0 Å². The molecule has 4 aromatic rings. The summed E-state index contributed by atoms with van der Waals surface area (Å²) in [5, 5.41) is 6.12. The minimum Gasteiger partial charge on any atom is -0.378 e. The molecule has 0 bridgehead atoms. The predicted molar refractivity (Wildman–Crippen MR) is 163 cm³/mol. The Morgan fingerprint density at radius 1 is 1.00 bits per heavy atom. The highest BCUT2D eigenvalue weighted by Gasteiger charge is 2.36. The van der Waals surface area contributed by atoms with Gasteiger partial charge in [0, 0.05) is 48.5 Å². The summed E-state index contributed by atoms with van der Waals surface area (Å²) in [6.07, 6.45) is 3.63. The first-order valence-corrected chi connectivity index (χ1v) is 14.3. The van der Waals surface area contributed by atoms with Crippen molar-refractivity contribution in [3.05, 3.63) is 113 Å². The Kier molecular flexibility index (Phi) is 8.30. The number of aromatic nitrogens is 2. The third kappa shape index (κ3) is 6.50. The van der Waals surface area contributed by atoms with E-state index in [0.29, 0.717) is 46.6 Å². The van der Waals surface area contributed by atoms with Crippen LogP contribution in [0, 0.1) is 0 Å². The van der Waals surface area contributed by atoms with E-state index in [9.17, 15) is 14.4 Å². The molecule has 2 aromatic heterocycles. The molecule has 218 valence electrons. The fourth-order valence-electron chi connectivity index (χ4n) is 5.18. The maximum absolute atomic E-state index is 13.8. The van der Waals surface area contributed by atoms with Gasteiger partial charge < -0.3 is 25.2 Å². The lowest BCUT2D eigenvalue weighted by Crippen LogP contribution is -2.46. The highest BCUT2D eigenvalue weighted by Crippen LogP contribution is 2.29. The van der Waals surface area contributed by atoms with Crippen molar-refractivity contribution in [2.45, 2.75) is 19.0 Å². The monoisotopic (exact) mass is 596 g/mol. The number of hydrogen-bond donors (Lipinski definition) is 2. The van der Waals surface area contributed by atoms with Crippen molar-refractivity contribution in [2.75, 3.05) is 41.8 Å². The van der Waals surface area contributed by atoms with Crippen LogP contribution in [0.1, 0.15) is 32.0 Å². The van der Waals surface area contributed by atoms with Crippen molar-refractivity contribution < 1.29 is 19.1 Å². The molecule has 1 fully saturated rings. The standard InChI is InChI=1S/C32H29ClN6O4/c33-23-8-10-26-27(17-23)36-31(41)28(18-24-3-1-2-12-34-24)39(32(26)42)20-21-4-6-22(7-5-21)30(40)37-29-11-9-25(19-35-29)38-13-15-43-16-14-38/h1-12,17,19,28H,13-16,18,20H2,(H,36,41)(H,35,37,40). The van der Waals surface area contributed by atoms with E-state index in [4.69, 9.17) is 16.3 Å². The van der Waals surface area contributed by atoms with Gasteiger partial charge in [0.1, 0.15) is 11.9 Å². The van der Waals surface area contributed by atoms with E-state index in [1.54, 1.807) is 71.9 Å². The minimum absolute atomic E-state index is 0.151. The van der Waals surface area contributed by atoms with Crippen molar-refractivity contribution in [2.24, 2.45) is 0 Å². The summed E-state index contributed by atoms with van der Waals surface area (Å²) in [5.41, 5.74) is 3.58. The molecular weight excluding hydrogens is 568 g/mol. The van der Waals surface area contributed by atoms with E-state index in [0.717, 1.165) is 24.3 Å². The molecule has 2 aromatic carbocycles. The van der Waals surface area contributed by atoms with Crippen LogP contribution in [0.4, 0.5) is 17.2 Å². The highest BCUT2D eigenvalue weighted by atomic mass is 35.5. The average molecular weight is 597 g/mol. The number of amides is 3. The number of pyridine rings is 2. The topological polar surface area (TPSA) is 117 Å². The number of nitrogens with one attached hydrogen (secondary N) is 2. The first-order chi connectivity index (χ1) is 20.9. The van der Waals surface area contributed by atoms with Crippen LogP contribution >= 0.6 is 11.6 Å². The molecule has 0 saturated carbocycles. The maximum atomic E-state index is 13.8. The first kappa shape index (κ1) is 28.3. The average Bonchev–Trinajstić information content (AvgIpc) is 3.12. The Hall–Kier alpha value is -4.80. The van der Waals surface area contributed by atoms with E-state index in [2.05, 4.69) is 25.5 Å². The van der Waals surface area contributed by atoms with E-state index in [1.165, 1.54) is 0 Å². The van der Waals surface area contributed by atoms with Gasteiger partial charge in [0.15, 0.2) is 0 Å². The molecule has 1 atom stereocenters. The van der Waals surface area contributed by atoms with Crippen LogP contribution < -0.4 is 15.5 Å². The van der Waals surface area contributed by atoms with Crippen LogP contribution in [0.2, 0.25) is 5.02 Å². The lowest BCUT2D eigenvalue weighted by atomic mass is 10.0. The van der Waals surface area contributed by atoms with E-state index in [1.807, 2.05) is 18.2 Å². The third-order valence-electron chi connectivity index (χ3n) is 7.47. The molecule has 10 nitrogen and oxygen atoms in total. The number of rotatable bonds is 7. The van der Waals surface area contributed by atoms with Crippen molar-refractivity contribution in [1.82, 2.24) is 14.9 Å². The molecule has 4 heterocycles. The zero-order chi connectivity index (χ0) is 29.8. The van der Waals surface area contributed by atoms with Crippen molar-refractivity contribution >= 4 is 46.5 Å². The molecule has 43 heavy (non-hydrogen) atoms. The van der Waals surface area contributed by atoms with Gasteiger partial charge in [-0.3, -0.25) is 19.4 Å². The Morgan fingerprint density at radius 2 is 1.81 bits per heavy atom. The molecular formula is C32H29ClN6O4.